The molecule has 0 spiro atoms. The predicted octanol–water partition coefficient (Wildman–Crippen LogP) is 5.36. The minimum absolute atomic E-state index is 0.0390. The lowest BCUT2D eigenvalue weighted by molar-refractivity contribution is 0.0633. The molecule has 0 atom stereocenters. The molecular weight excluding hydrogens is 461 g/mol. The Morgan fingerprint density at radius 2 is 1.72 bits per heavy atom. The number of carbonyl (C=O) groups excluding carboxylic acids is 1. The second-order valence-corrected chi connectivity index (χ2v) is 8.81. The van der Waals surface area contributed by atoms with Crippen LogP contribution >= 0.6 is 22.9 Å². The summed E-state index contributed by atoms with van der Waals surface area (Å²) in [5, 5.41) is 2.19. The summed E-state index contributed by atoms with van der Waals surface area (Å²) in [6.45, 7) is 3.19. The number of nitrogens with zero attached hydrogens (tertiary/aromatic N) is 2. The van der Waals surface area contributed by atoms with Crippen LogP contribution in [-0.4, -0.2) is 41.9 Å². The molecule has 0 radical (unpaired) electrons. The smallest absolute Gasteiger partial charge is 0.264 e. The van der Waals surface area contributed by atoms with E-state index in [0.717, 1.165) is 23.3 Å². The molecule has 3 aromatic rings. The normalized spacial score (nSPS) is 14.6. The zero-order valence-corrected chi connectivity index (χ0v) is 18.6. The van der Waals surface area contributed by atoms with Gasteiger partial charge in [-0.15, -0.1) is 11.3 Å². The molecule has 2 aromatic carbocycles. The predicted molar refractivity (Wildman–Crippen MR) is 118 cm³/mol. The van der Waals surface area contributed by atoms with Crippen LogP contribution in [0.25, 0.3) is 0 Å². The zero-order chi connectivity index (χ0) is 22.7. The van der Waals surface area contributed by atoms with Gasteiger partial charge < -0.3 is 9.64 Å². The molecule has 2 heterocycles. The SMILES string of the molecule is O=C(c1cc(COc2ccc(F)cc2F)cs1)N1CCN(Cc2ccc(F)cc2Cl)CC1. The van der Waals surface area contributed by atoms with E-state index in [1.807, 2.05) is 0 Å². The van der Waals surface area contributed by atoms with E-state index in [2.05, 4.69) is 4.90 Å². The first-order valence-electron chi connectivity index (χ1n) is 10.00. The van der Waals surface area contributed by atoms with Crippen LogP contribution in [-0.2, 0) is 13.2 Å². The molecule has 168 valence electrons. The van der Waals surface area contributed by atoms with Crippen LogP contribution in [0, 0.1) is 17.5 Å². The highest BCUT2D eigenvalue weighted by molar-refractivity contribution is 7.12. The van der Waals surface area contributed by atoms with Gasteiger partial charge in [0, 0.05) is 49.4 Å². The molecule has 0 aliphatic carbocycles. The minimum atomic E-state index is -0.767. The zero-order valence-electron chi connectivity index (χ0n) is 17.0. The van der Waals surface area contributed by atoms with Crippen LogP contribution in [0.15, 0.2) is 47.8 Å². The monoisotopic (exact) mass is 480 g/mol. The van der Waals surface area contributed by atoms with Gasteiger partial charge in [-0.1, -0.05) is 17.7 Å². The molecule has 1 saturated heterocycles. The maximum absolute atomic E-state index is 13.7. The Morgan fingerprint density at radius 1 is 1.00 bits per heavy atom. The molecular formula is C23H20ClF3N2O2S. The molecule has 0 saturated carbocycles. The largest absolute Gasteiger partial charge is 0.486 e. The third kappa shape index (κ3) is 5.43. The number of ether oxygens (including phenoxy) is 1. The second kappa shape index (κ2) is 9.94. The number of piperazine rings is 1. The van der Waals surface area contributed by atoms with Crippen molar-refractivity contribution in [1.82, 2.24) is 9.80 Å². The maximum atomic E-state index is 13.7. The fourth-order valence-corrected chi connectivity index (χ4v) is 4.56. The van der Waals surface area contributed by atoms with Crippen molar-refractivity contribution in [2.24, 2.45) is 0 Å². The number of amides is 1. The van der Waals surface area contributed by atoms with Gasteiger partial charge in [0.2, 0.25) is 0 Å². The molecule has 1 amide bonds. The second-order valence-electron chi connectivity index (χ2n) is 7.49. The molecule has 1 aliphatic rings. The van der Waals surface area contributed by atoms with Crippen molar-refractivity contribution in [3.63, 3.8) is 0 Å². The lowest BCUT2D eigenvalue weighted by Crippen LogP contribution is -2.48. The number of benzene rings is 2. The van der Waals surface area contributed by atoms with Crippen LogP contribution in [0.1, 0.15) is 20.8 Å². The number of halogens is 4. The average Bonchev–Trinajstić information content (AvgIpc) is 3.24. The summed E-state index contributed by atoms with van der Waals surface area (Å²) in [5.74, 6) is -1.90. The molecule has 0 N–H and O–H groups in total. The molecule has 0 bridgehead atoms. The van der Waals surface area contributed by atoms with Crippen molar-refractivity contribution in [1.29, 1.82) is 0 Å². The van der Waals surface area contributed by atoms with Gasteiger partial charge in [-0.3, -0.25) is 9.69 Å². The highest BCUT2D eigenvalue weighted by Crippen LogP contribution is 2.23. The van der Waals surface area contributed by atoms with Gasteiger partial charge in [0.25, 0.3) is 5.91 Å². The first kappa shape index (κ1) is 22.6. The van der Waals surface area contributed by atoms with E-state index in [-0.39, 0.29) is 24.1 Å². The van der Waals surface area contributed by atoms with Gasteiger partial charge in [0.1, 0.15) is 18.2 Å². The fraction of sp³-hybridized carbons (Fsp3) is 0.261. The minimum Gasteiger partial charge on any atom is -0.486 e. The first-order valence-corrected chi connectivity index (χ1v) is 11.3. The van der Waals surface area contributed by atoms with E-state index in [0.29, 0.717) is 42.6 Å². The van der Waals surface area contributed by atoms with E-state index in [1.54, 1.807) is 22.4 Å². The van der Waals surface area contributed by atoms with Crippen molar-refractivity contribution in [3.8, 4) is 5.75 Å². The summed E-state index contributed by atoms with van der Waals surface area (Å²) in [4.78, 5) is 17.4. The van der Waals surface area contributed by atoms with E-state index in [1.165, 1.54) is 29.5 Å². The molecule has 32 heavy (non-hydrogen) atoms. The van der Waals surface area contributed by atoms with E-state index in [9.17, 15) is 18.0 Å². The summed E-state index contributed by atoms with van der Waals surface area (Å²) >= 11 is 7.42. The van der Waals surface area contributed by atoms with Gasteiger partial charge in [0.05, 0.1) is 4.88 Å². The summed E-state index contributed by atoms with van der Waals surface area (Å²) in [5.41, 5.74) is 1.60. The molecule has 9 heteroatoms. The molecule has 1 aliphatic heterocycles. The standard InChI is InChI=1S/C23H20ClF3N2O2S/c24-19-10-17(25)2-1-16(19)12-28-5-7-29(8-6-28)23(30)22-9-15(14-32-22)13-31-21-4-3-18(26)11-20(21)27/h1-4,9-11,14H,5-8,12-13H2. The first-order chi connectivity index (χ1) is 15.4. The Balaban J connectivity index is 1.29. The Labute approximate surface area is 192 Å². The van der Waals surface area contributed by atoms with E-state index < -0.39 is 11.6 Å². The number of carbonyl (C=O) groups is 1. The van der Waals surface area contributed by atoms with E-state index >= 15 is 0 Å². The lowest BCUT2D eigenvalue weighted by atomic mass is 10.2. The highest BCUT2D eigenvalue weighted by atomic mass is 35.5. The quantitative estimate of drug-likeness (QED) is 0.476. The maximum Gasteiger partial charge on any atom is 0.264 e. The van der Waals surface area contributed by atoms with Crippen molar-refractivity contribution in [3.05, 3.63) is 86.3 Å². The van der Waals surface area contributed by atoms with E-state index in [4.69, 9.17) is 16.3 Å². The lowest BCUT2D eigenvalue weighted by Gasteiger charge is -2.34. The Bertz CT molecular complexity index is 1120. The summed E-state index contributed by atoms with van der Waals surface area (Å²) < 4.78 is 45.3. The fourth-order valence-electron chi connectivity index (χ4n) is 3.47. The van der Waals surface area contributed by atoms with Gasteiger partial charge in [-0.2, -0.15) is 0 Å². The molecule has 1 aromatic heterocycles. The Kier molecular flexibility index (Phi) is 7.03. The average molecular weight is 481 g/mol. The van der Waals surface area contributed by atoms with Crippen molar-refractivity contribution in [2.45, 2.75) is 13.2 Å². The number of hydrogen-bond acceptors (Lipinski definition) is 4. The number of rotatable bonds is 6. The van der Waals surface area contributed by atoms with Gasteiger partial charge >= 0.3 is 0 Å². The topological polar surface area (TPSA) is 32.8 Å². The number of hydrogen-bond donors (Lipinski definition) is 0. The van der Waals surface area contributed by atoms with Gasteiger partial charge in [-0.05, 0) is 41.3 Å². The van der Waals surface area contributed by atoms with Crippen molar-refractivity contribution >= 4 is 28.8 Å². The van der Waals surface area contributed by atoms with Crippen LogP contribution in [0.2, 0.25) is 5.02 Å². The molecule has 4 rings (SSSR count). The van der Waals surface area contributed by atoms with Gasteiger partial charge in [-0.25, -0.2) is 13.2 Å². The Morgan fingerprint density at radius 3 is 2.44 bits per heavy atom. The van der Waals surface area contributed by atoms with Gasteiger partial charge in [0.15, 0.2) is 11.6 Å². The molecule has 1 fully saturated rings. The summed E-state index contributed by atoms with van der Waals surface area (Å²) in [6.07, 6.45) is 0. The van der Waals surface area contributed by atoms with Crippen molar-refractivity contribution < 1.29 is 22.7 Å². The summed E-state index contributed by atoms with van der Waals surface area (Å²) in [7, 11) is 0. The third-order valence-electron chi connectivity index (χ3n) is 5.22. The van der Waals surface area contributed by atoms with Crippen LogP contribution in [0.3, 0.4) is 0 Å². The van der Waals surface area contributed by atoms with Crippen LogP contribution in [0.5, 0.6) is 5.75 Å². The van der Waals surface area contributed by atoms with Crippen molar-refractivity contribution in [2.75, 3.05) is 26.2 Å². The number of thiophene rings is 1. The Hall–Kier alpha value is -2.55. The third-order valence-corrected chi connectivity index (χ3v) is 6.54. The van der Waals surface area contributed by atoms with Crippen LogP contribution < -0.4 is 4.74 Å². The highest BCUT2D eigenvalue weighted by Gasteiger charge is 2.24. The summed E-state index contributed by atoms with van der Waals surface area (Å²) in [6, 6.07) is 9.25. The molecule has 0 unspecified atom stereocenters. The van der Waals surface area contributed by atoms with Crippen LogP contribution in [0.4, 0.5) is 13.2 Å². The molecule has 4 nitrogen and oxygen atoms in total.